The summed E-state index contributed by atoms with van der Waals surface area (Å²) in [6, 6.07) is 1.46. The van der Waals surface area contributed by atoms with Gasteiger partial charge >= 0.3 is 5.97 Å². The molecular weight excluding hydrogens is 256 g/mol. The molecule has 0 saturated carbocycles. The number of rotatable bonds is 9. The third kappa shape index (κ3) is 4.72. The van der Waals surface area contributed by atoms with Crippen LogP contribution in [0.15, 0.2) is 18.6 Å². The van der Waals surface area contributed by atoms with Crippen molar-refractivity contribution in [1.29, 1.82) is 0 Å². The molecule has 1 heterocycles. The number of carbonyl (C=O) groups excluding carboxylic acids is 1. The molecule has 0 aliphatic rings. The van der Waals surface area contributed by atoms with Crippen molar-refractivity contribution in [2.75, 3.05) is 0 Å². The number of aromatic nitrogens is 2. The average molecular weight is 278 g/mol. The molecule has 1 aromatic rings. The number of aliphatic carboxylic acids is 1. The Morgan fingerprint density at radius 2 is 2.10 bits per heavy atom. The highest BCUT2D eigenvalue weighted by Crippen LogP contribution is 2.24. The molecular formula is C15H22N2O3. The first kappa shape index (κ1) is 16.3. The number of carboxylic acids is 1. The number of Topliss-reactive ketones (excluding diaryl/α,β-unsaturated/α-hetero) is 1. The highest BCUT2D eigenvalue weighted by atomic mass is 16.4. The van der Waals surface area contributed by atoms with Gasteiger partial charge in [0, 0.05) is 6.20 Å². The molecule has 0 aliphatic heterocycles. The molecule has 1 aromatic heterocycles. The van der Waals surface area contributed by atoms with Crippen LogP contribution in [0.1, 0.15) is 56.4 Å². The van der Waals surface area contributed by atoms with E-state index in [0.717, 1.165) is 25.7 Å². The topological polar surface area (TPSA) is 80.1 Å². The summed E-state index contributed by atoms with van der Waals surface area (Å²) in [5.41, 5.74) is 0.178. The predicted molar refractivity (Wildman–Crippen MR) is 75.4 cm³/mol. The van der Waals surface area contributed by atoms with Gasteiger partial charge in [0.2, 0.25) is 0 Å². The smallest absolute Gasteiger partial charge is 0.314 e. The van der Waals surface area contributed by atoms with Crippen molar-refractivity contribution in [3.63, 3.8) is 0 Å². The van der Waals surface area contributed by atoms with Gasteiger partial charge in [0.05, 0.1) is 0 Å². The third-order valence-corrected chi connectivity index (χ3v) is 3.56. The molecule has 0 aromatic carbocycles. The number of carboxylic acid groups (broad SMARTS) is 1. The maximum atomic E-state index is 12.2. The molecule has 0 fully saturated rings. The Bertz CT molecular complexity index is 434. The lowest BCUT2D eigenvalue weighted by Gasteiger charge is -2.18. The van der Waals surface area contributed by atoms with E-state index < -0.39 is 17.7 Å². The van der Waals surface area contributed by atoms with Crippen LogP contribution in [0.5, 0.6) is 0 Å². The molecule has 0 amide bonds. The molecule has 1 rings (SSSR count). The zero-order valence-corrected chi connectivity index (χ0v) is 12.1. The Morgan fingerprint density at radius 1 is 1.35 bits per heavy atom. The van der Waals surface area contributed by atoms with E-state index in [2.05, 4.69) is 16.9 Å². The van der Waals surface area contributed by atoms with Crippen molar-refractivity contribution < 1.29 is 14.7 Å². The normalized spacial score (nSPS) is 13.7. The maximum Gasteiger partial charge on any atom is 0.314 e. The minimum Gasteiger partial charge on any atom is -0.481 e. The SMILES string of the molecule is CCCCC(CC)CC(C(=O)O)C(=O)c1ccncn1. The van der Waals surface area contributed by atoms with E-state index in [1.54, 1.807) is 0 Å². The van der Waals surface area contributed by atoms with Gasteiger partial charge in [-0.3, -0.25) is 9.59 Å². The Kier molecular flexibility index (Phi) is 6.84. The minimum absolute atomic E-state index is 0.178. The van der Waals surface area contributed by atoms with Crippen LogP contribution in [0.2, 0.25) is 0 Å². The second-order valence-corrected chi connectivity index (χ2v) is 5.00. The number of carbonyl (C=O) groups is 2. The first-order valence-corrected chi connectivity index (χ1v) is 7.13. The molecule has 0 saturated heterocycles. The summed E-state index contributed by atoms with van der Waals surface area (Å²) < 4.78 is 0. The molecule has 0 bridgehead atoms. The first-order valence-electron chi connectivity index (χ1n) is 7.13. The molecule has 2 unspecified atom stereocenters. The Hall–Kier alpha value is -1.78. The lowest BCUT2D eigenvalue weighted by atomic mass is 9.86. The number of nitrogens with zero attached hydrogens (tertiary/aromatic N) is 2. The van der Waals surface area contributed by atoms with E-state index in [1.165, 1.54) is 18.6 Å². The Morgan fingerprint density at radius 3 is 2.60 bits per heavy atom. The lowest BCUT2D eigenvalue weighted by Crippen LogP contribution is -2.27. The monoisotopic (exact) mass is 278 g/mol. The van der Waals surface area contributed by atoms with Crippen LogP contribution in [0.25, 0.3) is 0 Å². The van der Waals surface area contributed by atoms with Crippen molar-refractivity contribution >= 4 is 11.8 Å². The maximum absolute atomic E-state index is 12.2. The minimum atomic E-state index is -1.07. The van der Waals surface area contributed by atoms with Gasteiger partial charge in [0.25, 0.3) is 0 Å². The van der Waals surface area contributed by atoms with E-state index in [-0.39, 0.29) is 11.6 Å². The molecule has 0 aliphatic carbocycles. The van der Waals surface area contributed by atoms with Gasteiger partial charge in [-0.15, -0.1) is 0 Å². The van der Waals surface area contributed by atoms with Crippen LogP contribution in [0.3, 0.4) is 0 Å². The fraction of sp³-hybridized carbons (Fsp3) is 0.600. The zero-order chi connectivity index (χ0) is 15.0. The second kappa shape index (κ2) is 8.40. The van der Waals surface area contributed by atoms with Crippen LogP contribution >= 0.6 is 0 Å². The third-order valence-electron chi connectivity index (χ3n) is 3.56. The predicted octanol–water partition coefficient (Wildman–Crippen LogP) is 2.97. The molecule has 5 nitrogen and oxygen atoms in total. The Labute approximate surface area is 119 Å². The highest BCUT2D eigenvalue weighted by molar-refractivity contribution is 6.06. The summed E-state index contributed by atoms with van der Waals surface area (Å²) >= 11 is 0. The van der Waals surface area contributed by atoms with Crippen molar-refractivity contribution in [1.82, 2.24) is 9.97 Å². The van der Waals surface area contributed by atoms with Crippen molar-refractivity contribution in [3.8, 4) is 0 Å². The summed E-state index contributed by atoms with van der Waals surface area (Å²) in [6.45, 7) is 4.14. The fourth-order valence-corrected chi connectivity index (χ4v) is 2.25. The van der Waals surface area contributed by atoms with E-state index in [0.29, 0.717) is 6.42 Å². The number of hydrogen-bond acceptors (Lipinski definition) is 4. The average Bonchev–Trinajstić information content (AvgIpc) is 2.47. The van der Waals surface area contributed by atoms with E-state index in [4.69, 9.17) is 0 Å². The van der Waals surface area contributed by atoms with Gasteiger partial charge in [-0.1, -0.05) is 39.5 Å². The second-order valence-electron chi connectivity index (χ2n) is 5.00. The Balaban J connectivity index is 2.78. The van der Waals surface area contributed by atoms with Crippen LogP contribution in [0, 0.1) is 11.8 Å². The van der Waals surface area contributed by atoms with Crippen LogP contribution in [0.4, 0.5) is 0 Å². The summed E-state index contributed by atoms with van der Waals surface area (Å²) in [5.74, 6) is -2.23. The summed E-state index contributed by atoms with van der Waals surface area (Å²) in [4.78, 5) is 31.2. The summed E-state index contributed by atoms with van der Waals surface area (Å²) in [5, 5.41) is 9.31. The summed E-state index contributed by atoms with van der Waals surface area (Å²) in [7, 11) is 0. The van der Waals surface area contributed by atoms with Gasteiger partial charge in [0.15, 0.2) is 5.78 Å². The zero-order valence-electron chi connectivity index (χ0n) is 12.1. The molecule has 110 valence electrons. The summed E-state index contributed by atoms with van der Waals surface area (Å²) in [6.07, 6.45) is 7.10. The van der Waals surface area contributed by atoms with Crippen molar-refractivity contribution in [3.05, 3.63) is 24.3 Å². The molecule has 5 heteroatoms. The lowest BCUT2D eigenvalue weighted by molar-refractivity contribution is -0.140. The van der Waals surface area contributed by atoms with Gasteiger partial charge < -0.3 is 5.11 Å². The standard InChI is InChI=1S/C15H22N2O3/c1-3-5-6-11(4-2)9-12(15(19)20)14(18)13-7-8-16-10-17-13/h7-8,10-12H,3-6,9H2,1-2H3,(H,19,20). The van der Waals surface area contributed by atoms with Crippen LogP contribution in [-0.2, 0) is 4.79 Å². The number of hydrogen-bond donors (Lipinski definition) is 1. The van der Waals surface area contributed by atoms with Crippen LogP contribution in [-0.4, -0.2) is 26.8 Å². The van der Waals surface area contributed by atoms with E-state index >= 15 is 0 Å². The van der Waals surface area contributed by atoms with E-state index in [1.807, 2.05) is 6.92 Å². The largest absolute Gasteiger partial charge is 0.481 e. The fourth-order valence-electron chi connectivity index (χ4n) is 2.25. The van der Waals surface area contributed by atoms with Gasteiger partial charge in [0.1, 0.15) is 17.9 Å². The van der Waals surface area contributed by atoms with Gasteiger partial charge in [-0.05, 0) is 18.4 Å². The van der Waals surface area contributed by atoms with Crippen molar-refractivity contribution in [2.45, 2.75) is 46.0 Å². The molecule has 0 spiro atoms. The van der Waals surface area contributed by atoms with Gasteiger partial charge in [-0.2, -0.15) is 0 Å². The van der Waals surface area contributed by atoms with Crippen molar-refractivity contribution in [2.24, 2.45) is 11.8 Å². The molecule has 0 radical (unpaired) electrons. The molecule has 1 N–H and O–H groups in total. The molecule has 20 heavy (non-hydrogen) atoms. The first-order chi connectivity index (χ1) is 9.60. The quantitative estimate of drug-likeness (QED) is 0.555. The van der Waals surface area contributed by atoms with Gasteiger partial charge in [-0.25, -0.2) is 9.97 Å². The number of unbranched alkanes of at least 4 members (excludes halogenated alkanes) is 1. The molecule has 2 atom stereocenters. The number of ketones is 1. The highest BCUT2D eigenvalue weighted by Gasteiger charge is 2.30. The van der Waals surface area contributed by atoms with E-state index in [9.17, 15) is 14.7 Å². The van der Waals surface area contributed by atoms with Crippen LogP contribution < -0.4 is 0 Å².